The van der Waals surface area contributed by atoms with Crippen LogP contribution in [0.1, 0.15) is 25.3 Å². The summed E-state index contributed by atoms with van der Waals surface area (Å²) in [6.07, 6.45) is 0.107. The molecule has 1 aliphatic carbocycles. The molecule has 23 heavy (non-hydrogen) atoms. The van der Waals surface area contributed by atoms with Gasteiger partial charge in [0.25, 0.3) is 5.91 Å². The van der Waals surface area contributed by atoms with Gasteiger partial charge in [0.1, 0.15) is 5.01 Å². The minimum atomic E-state index is -0.755. The molecule has 3 rings (SSSR count). The van der Waals surface area contributed by atoms with Gasteiger partial charge in [-0.1, -0.05) is 19.1 Å². The van der Waals surface area contributed by atoms with Crippen LogP contribution in [0.4, 0.5) is 0 Å². The van der Waals surface area contributed by atoms with E-state index in [0.29, 0.717) is 12.5 Å². The highest BCUT2D eigenvalue weighted by atomic mass is 32.1. The maximum atomic E-state index is 12.3. The lowest BCUT2D eigenvalue weighted by atomic mass is 10.3. The number of likely N-dealkylation sites (N-methyl/N-ethyl adjacent to an activating group) is 1. The smallest absolute Gasteiger partial charge is 0.309 e. The summed E-state index contributed by atoms with van der Waals surface area (Å²) in [5.41, 5.74) is 0.940. The third-order valence-corrected chi connectivity index (χ3v) is 5.16. The van der Waals surface area contributed by atoms with E-state index in [9.17, 15) is 9.59 Å². The van der Waals surface area contributed by atoms with Crippen LogP contribution in [-0.4, -0.2) is 34.9 Å². The van der Waals surface area contributed by atoms with E-state index in [2.05, 4.69) is 4.98 Å². The average molecular weight is 332 g/mol. The van der Waals surface area contributed by atoms with Gasteiger partial charge in [-0.05, 0) is 31.4 Å². The van der Waals surface area contributed by atoms with E-state index in [4.69, 9.17) is 4.74 Å². The molecule has 6 heteroatoms. The van der Waals surface area contributed by atoms with Crippen LogP contribution in [0.5, 0.6) is 0 Å². The van der Waals surface area contributed by atoms with Crippen LogP contribution < -0.4 is 0 Å². The number of carbonyl (C=O) groups is 2. The molecule has 5 nitrogen and oxygen atoms in total. The van der Waals surface area contributed by atoms with Crippen LogP contribution in [0.2, 0.25) is 0 Å². The van der Waals surface area contributed by atoms with Crippen molar-refractivity contribution in [1.82, 2.24) is 9.88 Å². The maximum absolute atomic E-state index is 12.3. The predicted molar refractivity (Wildman–Crippen MR) is 88.9 cm³/mol. The van der Waals surface area contributed by atoms with Crippen LogP contribution in [0.25, 0.3) is 10.2 Å². The first-order chi connectivity index (χ1) is 11.0. The predicted octanol–water partition coefficient (Wildman–Crippen LogP) is 2.84. The quantitative estimate of drug-likeness (QED) is 0.790. The number of hydrogen-bond acceptors (Lipinski definition) is 5. The Bertz CT molecular complexity index is 709. The first kappa shape index (κ1) is 15.9. The van der Waals surface area contributed by atoms with E-state index in [1.165, 1.54) is 0 Å². The molecule has 1 aliphatic rings. The number of fused-ring (bicyclic) bond motifs is 1. The minimum absolute atomic E-state index is 0.0279. The number of nitrogens with zero attached hydrogens (tertiary/aromatic N) is 2. The molecule has 1 aromatic heterocycles. The molecule has 1 amide bonds. The second kappa shape index (κ2) is 6.28. The van der Waals surface area contributed by atoms with Crippen molar-refractivity contribution in [1.29, 1.82) is 0 Å². The standard InChI is InChI=1S/C17H20N2O3S/c1-10-8-12(10)17(21)22-11(2)16(20)19(3)9-15-18-13-6-4-5-7-14(13)23-15/h4-7,10-12H,8-9H2,1-3H3/t10-,11-,12+/m0/s1. The van der Waals surface area contributed by atoms with Crippen molar-refractivity contribution in [2.24, 2.45) is 11.8 Å². The molecule has 1 fully saturated rings. The normalized spacial score (nSPS) is 21.0. The Kier molecular flexibility index (Phi) is 4.35. The van der Waals surface area contributed by atoms with Gasteiger partial charge in [-0.15, -0.1) is 11.3 Å². The SMILES string of the molecule is C[C@H](OC(=O)[C@@H]1C[C@@H]1C)C(=O)N(C)Cc1nc2ccccc2s1. The second-order valence-corrected chi connectivity index (χ2v) is 7.28. The summed E-state index contributed by atoms with van der Waals surface area (Å²) in [4.78, 5) is 30.3. The molecule has 0 aliphatic heterocycles. The number of hydrogen-bond donors (Lipinski definition) is 0. The summed E-state index contributed by atoms with van der Waals surface area (Å²) in [5.74, 6) is -0.109. The number of carbonyl (C=O) groups excluding carboxylic acids is 2. The lowest BCUT2D eigenvalue weighted by Gasteiger charge is -2.20. The van der Waals surface area contributed by atoms with Crippen molar-refractivity contribution in [3.05, 3.63) is 29.3 Å². The number of para-hydroxylation sites is 1. The summed E-state index contributed by atoms with van der Waals surface area (Å²) in [5, 5.41) is 0.872. The molecule has 0 N–H and O–H groups in total. The van der Waals surface area contributed by atoms with Crippen LogP contribution >= 0.6 is 11.3 Å². The monoisotopic (exact) mass is 332 g/mol. The first-order valence-corrected chi connectivity index (χ1v) is 8.57. The summed E-state index contributed by atoms with van der Waals surface area (Å²) < 4.78 is 6.38. The van der Waals surface area contributed by atoms with Gasteiger partial charge in [0.05, 0.1) is 22.7 Å². The molecule has 0 spiro atoms. The fourth-order valence-electron chi connectivity index (χ4n) is 2.54. The van der Waals surface area contributed by atoms with Crippen molar-refractivity contribution in [2.45, 2.75) is 32.9 Å². The van der Waals surface area contributed by atoms with Gasteiger partial charge in [-0.3, -0.25) is 9.59 Å². The van der Waals surface area contributed by atoms with Crippen molar-refractivity contribution in [2.75, 3.05) is 7.05 Å². The van der Waals surface area contributed by atoms with E-state index >= 15 is 0 Å². The highest BCUT2D eigenvalue weighted by Gasteiger charge is 2.41. The molecule has 1 saturated carbocycles. The van der Waals surface area contributed by atoms with E-state index < -0.39 is 6.10 Å². The lowest BCUT2D eigenvalue weighted by molar-refractivity contribution is -0.160. The van der Waals surface area contributed by atoms with E-state index in [1.807, 2.05) is 31.2 Å². The fraction of sp³-hybridized carbons (Fsp3) is 0.471. The number of esters is 1. The second-order valence-electron chi connectivity index (χ2n) is 6.17. The third kappa shape index (κ3) is 3.52. The lowest BCUT2D eigenvalue weighted by Crippen LogP contribution is -2.37. The Morgan fingerprint density at radius 2 is 2.13 bits per heavy atom. The molecule has 122 valence electrons. The molecule has 0 unspecified atom stereocenters. The van der Waals surface area contributed by atoms with E-state index in [0.717, 1.165) is 21.6 Å². The van der Waals surface area contributed by atoms with Crippen molar-refractivity contribution < 1.29 is 14.3 Å². The average Bonchev–Trinajstić information content (AvgIpc) is 3.11. The van der Waals surface area contributed by atoms with E-state index in [-0.39, 0.29) is 17.8 Å². The summed E-state index contributed by atoms with van der Waals surface area (Å²) in [6, 6.07) is 7.89. The molecule has 0 bridgehead atoms. The molecular weight excluding hydrogens is 312 g/mol. The summed E-state index contributed by atoms with van der Waals surface area (Å²) >= 11 is 1.57. The number of aromatic nitrogens is 1. The number of rotatable bonds is 5. The number of benzene rings is 1. The largest absolute Gasteiger partial charge is 0.452 e. The van der Waals surface area contributed by atoms with Crippen LogP contribution in [0.3, 0.4) is 0 Å². The highest BCUT2D eigenvalue weighted by Crippen LogP contribution is 2.38. The van der Waals surface area contributed by atoms with Gasteiger partial charge >= 0.3 is 5.97 Å². The van der Waals surface area contributed by atoms with E-state index in [1.54, 1.807) is 30.2 Å². The van der Waals surface area contributed by atoms with Crippen molar-refractivity contribution in [3.63, 3.8) is 0 Å². The first-order valence-electron chi connectivity index (χ1n) is 7.75. The molecule has 2 aromatic rings. The minimum Gasteiger partial charge on any atom is -0.452 e. The number of amides is 1. The van der Waals surface area contributed by atoms with Crippen molar-refractivity contribution >= 4 is 33.4 Å². The van der Waals surface area contributed by atoms with Gasteiger partial charge < -0.3 is 9.64 Å². The molecular formula is C17H20N2O3S. The topological polar surface area (TPSA) is 59.5 Å². The zero-order chi connectivity index (χ0) is 16.6. The Morgan fingerprint density at radius 1 is 1.43 bits per heavy atom. The van der Waals surface area contributed by atoms with Gasteiger partial charge in [0.2, 0.25) is 0 Å². The maximum Gasteiger partial charge on any atom is 0.309 e. The van der Waals surface area contributed by atoms with Crippen LogP contribution in [-0.2, 0) is 20.9 Å². The number of ether oxygens (including phenoxy) is 1. The Balaban J connectivity index is 1.59. The van der Waals surface area contributed by atoms with Gasteiger partial charge in [-0.2, -0.15) is 0 Å². The van der Waals surface area contributed by atoms with Gasteiger partial charge in [-0.25, -0.2) is 4.98 Å². The molecule has 0 saturated heterocycles. The molecule has 0 radical (unpaired) electrons. The van der Waals surface area contributed by atoms with Crippen LogP contribution in [0, 0.1) is 11.8 Å². The van der Waals surface area contributed by atoms with Crippen molar-refractivity contribution in [3.8, 4) is 0 Å². The third-order valence-electron chi connectivity index (χ3n) is 4.14. The molecule has 1 aromatic carbocycles. The fourth-order valence-corrected chi connectivity index (χ4v) is 3.56. The Hall–Kier alpha value is -1.95. The number of thiazole rings is 1. The zero-order valence-electron chi connectivity index (χ0n) is 13.5. The van der Waals surface area contributed by atoms with Crippen LogP contribution in [0.15, 0.2) is 24.3 Å². The van der Waals surface area contributed by atoms with Gasteiger partial charge in [0, 0.05) is 7.05 Å². The molecule has 1 heterocycles. The Labute approximate surface area is 139 Å². The summed E-state index contributed by atoms with van der Waals surface area (Å²) in [6.45, 7) is 4.06. The van der Waals surface area contributed by atoms with Gasteiger partial charge in [0.15, 0.2) is 6.10 Å². The summed E-state index contributed by atoms with van der Waals surface area (Å²) in [7, 11) is 1.71. The molecule has 3 atom stereocenters. The highest BCUT2D eigenvalue weighted by molar-refractivity contribution is 7.18. The Morgan fingerprint density at radius 3 is 2.78 bits per heavy atom. The zero-order valence-corrected chi connectivity index (χ0v) is 14.3.